The molecule has 1 aliphatic heterocycles. The van der Waals surface area contributed by atoms with Gasteiger partial charge in [0, 0.05) is 38.4 Å². The van der Waals surface area contributed by atoms with E-state index in [0.29, 0.717) is 6.10 Å². The maximum Gasteiger partial charge on any atom is 0.0743 e. The first kappa shape index (κ1) is 13.3. The Bertz CT molecular complexity index is 538. The van der Waals surface area contributed by atoms with Crippen LogP contribution in [0.2, 0.25) is 0 Å². The minimum atomic E-state index is 0.294. The second-order valence-corrected chi connectivity index (χ2v) is 5.44. The number of aryl methyl sites for hydroxylation is 1. The first-order valence-corrected chi connectivity index (χ1v) is 7.15. The second kappa shape index (κ2) is 6.20. The number of aromatic nitrogens is 2. The van der Waals surface area contributed by atoms with Crippen LogP contribution in [0.4, 0.5) is 0 Å². The van der Waals surface area contributed by atoms with E-state index in [1.807, 2.05) is 17.9 Å². The largest absolute Gasteiger partial charge is 0.375 e. The number of hydrogen-bond acceptors (Lipinski definition) is 3. The number of morpholine rings is 1. The van der Waals surface area contributed by atoms with E-state index in [4.69, 9.17) is 4.74 Å². The summed E-state index contributed by atoms with van der Waals surface area (Å²) in [5.41, 5.74) is 2.62. The van der Waals surface area contributed by atoms with Gasteiger partial charge in [-0.1, -0.05) is 30.3 Å². The van der Waals surface area contributed by atoms with Gasteiger partial charge >= 0.3 is 0 Å². The molecule has 1 aliphatic rings. The molecule has 1 aromatic carbocycles. The monoisotopic (exact) mass is 271 g/mol. The van der Waals surface area contributed by atoms with Gasteiger partial charge in [-0.15, -0.1) is 0 Å². The van der Waals surface area contributed by atoms with E-state index in [0.717, 1.165) is 32.7 Å². The van der Waals surface area contributed by atoms with E-state index in [1.165, 1.54) is 11.1 Å². The quantitative estimate of drug-likeness (QED) is 0.850. The topological polar surface area (TPSA) is 30.3 Å². The molecular weight excluding hydrogens is 250 g/mol. The van der Waals surface area contributed by atoms with Crippen molar-refractivity contribution in [3.05, 3.63) is 53.9 Å². The molecular formula is C16H21N3O. The van der Waals surface area contributed by atoms with Gasteiger partial charge in [0.25, 0.3) is 0 Å². The van der Waals surface area contributed by atoms with Crippen molar-refractivity contribution < 1.29 is 4.74 Å². The molecule has 1 fully saturated rings. The Hall–Kier alpha value is -1.65. The van der Waals surface area contributed by atoms with Gasteiger partial charge in [-0.3, -0.25) is 9.58 Å². The first-order chi connectivity index (χ1) is 9.79. The molecule has 1 saturated heterocycles. The van der Waals surface area contributed by atoms with Gasteiger partial charge in [0.1, 0.15) is 0 Å². The summed E-state index contributed by atoms with van der Waals surface area (Å²) in [4.78, 5) is 2.45. The molecule has 2 heterocycles. The molecule has 1 aromatic heterocycles. The second-order valence-electron chi connectivity index (χ2n) is 5.44. The smallest absolute Gasteiger partial charge is 0.0743 e. The number of nitrogens with zero attached hydrogens (tertiary/aromatic N) is 3. The van der Waals surface area contributed by atoms with E-state index < -0.39 is 0 Å². The lowest BCUT2D eigenvalue weighted by atomic mass is 10.1. The lowest BCUT2D eigenvalue weighted by Gasteiger charge is -2.32. The van der Waals surface area contributed by atoms with E-state index in [9.17, 15) is 0 Å². The van der Waals surface area contributed by atoms with Crippen molar-refractivity contribution in [2.24, 2.45) is 7.05 Å². The Kier molecular flexibility index (Phi) is 4.14. The molecule has 4 nitrogen and oxygen atoms in total. The Labute approximate surface area is 120 Å². The SMILES string of the molecule is Cn1cc(CN2CCOC(Cc3ccccc3)C2)cn1. The van der Waals surface area contributed by atoms with Crippen LogP contribution in [0.3, 0.4) is 0 Å². The fraction of sp³-hybridized carbons (Fsp3) is 0.438. The number of ether oxygens (including phenoxy) is 1. The third-order valence-corrected chi connectivity index (χ3v) is 3.69. The van der Waals surface area contributed by atoms with Gasteiger partial charge in [0.2, 0.25) is 0 Å². The van der Waals surface area contributed by atoms with Gasteiger partial charge in [-0.2, -0.15) is 5.10 Å². The molecule has 0 spiro atoms. The molecule has 0 saturated carbocycles. The van der Waals surface area contributed by atoms with Gasteiger partial charge in [0.15, 0.2) is 0 Å². The lowest BCUT2D eigenvalue weighted by Crippen LogP contribution is -2.42. The number of rotatable bonds is 4. The summed E-state index contributed by atoms with van der Waals surface area (Å²) >= 11 is 0. The molecule has 0 N–H and O–H groups in total. The number of hydrogen-bond donors (Lipinski definition) is 0. The summed E-state index contributed by atoms with van der Waals surface area (Å²) in [6, 6.07) is 10.6. The molecule has 0 aliphatic carbocycles. The van der Waals surface area contributed by atoms with Crippen LogP contribution in [0.25, 0.3) is 0 Å². The van der Waals surface area contributed by atoms with Gasteiger partial charge in [0.05, 0.1) is 18.9 Å². The van der Waals surface area contributed by atoms with E-state index in [1.54, 1.807) is 0 Å². The number of benzene rings is 1. The third kappa shape index (κ3) is 3.46. The lowest BCUT2D eigenvalue weighted by molar-refractivity contribution is -0.0305. The van der Waals surface area contributed by atoms with Crippen LogP contribution in [-0.2, 0) is 24.8 Å². The Morgan fingerprint density at radius 1 is 1.25 bits per heavy atom. The summed E-state index contributed by atoms with van der Waals surface area (Å²) < 4.78 is 7.75. The van der Waals surface area contributed by atoms with E-state index >= 15 is 0 Å². The van der Waals surface area contributed by atoms with Crippen molar-refractivity contribution in [2.75, 3.05) is 19.7 Å². The van der Waals surface area contributed by atoms with Crippen molar-refractivity contribution in [3.8, 4) is 0 Å². The van der Waals surface area contributed by atoms with Crippen LogP contribution in [0, 0.1) is 0 Å². The van der Waals surface area contributed by atoms with Crippen LogP contribution in [-0.4, -0.2) is 40.5 Å². The van der Waals surface area contributed by atoms with E-state index in [-0.39, 0.29) is 0 Å². The zero-order chi connectivity index (χ0) is 13.8. The summed E-state index contributed by atoms with van der Waals surface area (Å²) in [6.07, 6.45) is 5.32. The van der Waals surface area contributed by atoms with E-state index in [2.05, 4.69) is 46.5 Å². The summed E-state index contributed by atoms with van der Waals surface area (Å²) in [7, 11) is 1.96. The molecule has 20 heavy (non-hydrogen) atoms. The fourth-order valence-electron chi connectivity index (χ4n) is 2.74. The highest BCUT2D eigenvalue weighted by Crippen LogP contribution is 2.14. The van der Waals surface area contributed by atoms with Crippen LogP contribution in [0.15, 0.2) is 42.7 Å². The third-order valence-electron chi connectivity index (χ3n) is 3.69. The molecule has 1 atom stereocenters. The zero-order valence-electron chi connectivity index (χ0n) is 11.9. The molecule has 0 amide bonds. The van der Waals surface area contributed by atoms with Crippen molar-refractivity contribution in [3.63, 3.8) is 0 Å². The van der Waals surface area contributed by atoms with Gasteiger partial charge in [-0.25, -0.2) is 0 Å². The van der Waals surface area contributed by atoms with Crippen LogP contribution >= 0.6 is 0 Å². The minimum Gasteiger partial charge on any atom is -0.375 e. The highest BCUT2D eigenvalue weighted by Gasteiger charge is 2.21. The zero-order valence-corrected chi connectivity index (χ0v) is 11.9. The van der Waals surface area contributed by atoms with Crippen LogP contribution in [0.1, 0.15) is 11.1 Å². The Morgan fingerprint density at radius 2 is 2.10 bits per heavy atom. The summed E-state index contributed by atoms with van der Waals surface area (Å²) in [6.45, 7) is 3.77. The maximum atomic E-state index is 5.89. The van der Waals surface area contributed by atoms with Crippen LogP contribution < -0.4 is 0 Å². The van der Waals surface area contributed by atoms with Crippen molar-refractivity contribution in [2.45, 2.75) is 19.1 Å². The highest BCUT2D eigenvalue weighted by molar-refractivity contribution is 5.15. The van der Waals surface area contributed by atoms with Crippen LogP contribution in [0.5, 0.6) is 0 Å². The molecule has 4 heteroatoms. The average Bonchev–Trinajstić information content (AvgIpc) is 2.86. The summed E-state index contributed by atoms with van der Waals surface area (Å²) in [5.74, 6) is 0. The molecule has 106 valence electrons. The van der Waals surface area contributed by atoms with Gasteiger partial charge < -0.3 is 4.74 Å². The maximum absolute atomic E-state index is 5.89. The molecule has 0 radical (unpaired) electrons. The van der Waals surface area contributed by atoms with Crippen molar-refractivity contribution in [1.29, 1.82) is 0 Å². The Morgan fingerprint density at radius 3 is 2.85 bits per heavy atom. The fourth-order valence-corrected chi connectivity index (χ4v) is 2.74. The van der Waals surface area contributed by atoms with Crippen molar-refractivity contribution >= 4 is 0 Å². The first-order valence-electron chi connectivity index (χ1n) is 7.15. The predicted octanol–water partition coefficient (Wildman–Crippen LogP) is 1.86. The Balaban J connectivity index is 1.56. The summed E-state index contributed by atoms with van der Waals surface area (Å²) in [5, 5.41) is 4.23. The van der Waals surface area contributed by atoms with Gasteiger partial charge in [-0.05, 0) is 12.0 Å². The predicted molar refractivity (Wildman–Crippen MR) is 78.4 cm³/mol. The normalized spacial score (nSPS) is 20.1. The standard InChI is InChI=1S/C16H21N3O/c1-18-11-15(10-17-18)12-19-7-8-20-16(13-19)9-14-5-3-2-4-6-14/h2-6,10-11,16H,7-9,12-13H2,1H3. The minimum absolute atomic E-state index is 0.294. The molecule has 1 unspecified atom stereocenters. The molecule has 0 bridgehead atoms. The highest BCUT2D eigenvalue weighted by atomic mass is 16.5. The molecule has 3 rings (SSSR count). The van der Waals surface area contributed by atoms with Crippen molar-refractivity contribution in [1.82, 2.24) is 14.7 Å². The molecule has 2 aromatic rings. The average molecular weight is 271 g/mol.